The summed E-state index contributed by atoms with van der Waals surface area (Å²) in [5.74, 6) is -1.32. The Morgan fingerprint density at radius 1 is 1.23 bits per heavy atom. The highest BCUT2D eigenvalue weighted by Gasteiger charge is 2.38. The number of esters is 1. The lowest BCUT2D eigenvalue weighted by Crippen LogP contribution is -2.64. The van der Waals surface area contributed by atoms with Crippen molar-refractivity contribution in [2.75, 3.05) is 26.7 Å². The van der Waals surface area contributed by atoms with Crippen LogP contribution in [0.3, 0.4) is 0 Å². The van der Waals surface area contributed by atoms with Crippen LogP contribution >= 0.6 is 0 Å². The van der Waals surface area contributed by atoms with Crippen LogP contribution in [-0.4, -0.2) is 83.5 Å². The molecule has 2 heterocycles. The molecule has 1 saturated heterocycles. The van der Waals surface area contributed by atoms with Crippen molar-refractivity contribution in [3.63, 3.8) is 0 Å². The van der Waals surface area contributed by atoms with E-state index in [0.29, 0.717) is 6.54 Å². The van der Waals surface area contributed by atoms with Crippen molar-refractivity contribution in [1.29, 1.82) is 0 Å². The quantitative estimate of drug-likeness (QED) is 0.623. The summed E-state index contributed by atoms with van der Waals surface area (Å²) in [5, 5.41) is 5.45. The van der Waals surface area contributed by atoms with Gasteiger partial charge in [-0.1, -0.05) is 6.07 Å². The Kier molecular flexibility index (Phi) is 8.14. The van der Waals surface area contributed by atoms with Crippen LogP contribution in [0.15, 0.2) is 24.5 Å². The zero-order valence-corrected chi connectivity index (χ0v) is 17.8. The molecule has 4 amide bonds. The molecule has 1 aromatic rings. The summed E-state index contributed by atoms with van der Waals surface area (Å²) in [5.41, 5.74) is 0.747. The molecule has 30 heavy (non-hydrogen) atoms. The molecule has 164 valence electrons. The van der Waals surface area contributed by atoms with Crippen LogP contribution < -0.4 is 10.6 Å². The van der Waals surface area contributed by atoms with E-state index in [1.165, 1.54) is 23.8 Å². The number of methoxy groups -OCH3 is 1. The number of ether oxygens (including phenoxy) is 1. The second-order valence-corrected chi connectivity index (χ2v) is 7.43. The third-order valence-corrected chi connectivity index (χ3v) is 4.77. The van der Waals surface area contributed by atoms with E-state index < -0.39 is 30.0 Å². The molecule has 0 spiro atoms. The summed E-state index contributed by atoms with van der Waals surface area (Å²) in [6.45, 7) is 5.65. The minimum absolute atomic E-state index is 0.0491. The number of hydrogen-bond donors (Lipinski definition) is 2. The highest BCUT2D eigenvalue weighted by molar-refractivity contribution is 5.91. The molecule has 0 saturated carbocycles. The summed E-state index contributed by atoms with van der Waals surface area (Å²) >= 11 is 0. The number of pyridine rings is 1. The van der Waals surface area contributed by atoms with E-state index in [-0.39, 0.29) is 31.5 Å². The largest absolute Gasteiger partial charge is 0.467 e. The molecule has 10 heteroatoms. The molecule has 2 unspecified atom stereocenters. The molecular formula is C20H29N5O5. The molecule has 0 aliphatic carbocycles. The van der Waals surface area contributed by atoms with E-state index >= 15 is 0 Å². The van der Waals surface area contributed by atoms with Gasteiger partial charge < -0.3 is 25.2 Å². The molecule has 2 N–H and O–H groups in total. The Hall–Kier alpha value is -3.17. The first-order valence-corrected chi connectivity index (χ1v) is 9.82. The number of carbonyl (C=O) groups is 4. The van der Waals surface area contributed by atoms with Gasteiger partial charge >= 0.3 is 12.0 Å². The Bertz CT molecular complexity index is 770. The van der Waals surface area contributed by atoms with Gasteiger partial charge in [-0.25, -0.2) is 9.59 Å². The summed E-state index contributed by atoms with van der Waals surface area (Å²) in [6, 6.07) is 1.14. The summed E-state index contributed by atoms with van der Waals surface area (Å²) < 4.78 is 4.83. The predicted molar refractivity (Wildman–Crippen MR) is 108 cm³/mol. The van der Waals surface area contributed by atoms with E-state index in [1.807, 2.05) is 13.8 Å². The number of rotatable bonds is 6. The molecule has 1 aliphatic heterocycles. The van der Waals surface area contributed by atoms with Gasteiger partial charge in [0, 0.05) is 44.9 Å². The van der Waals surface area contributed by atoms with Crippen molar-refractivity contribution in [3.05, 3.63) is 30.1 Å². The first-order chi connectivity index (χ1) is 14.2. The summed E-state index contributed by atoms with van der Waals surface area (Å²) in [6.07, 6.45) is 3.40. The predicted octanol–water partition coefficient (Wildman–Crippen LogP) is -0.0674. The second kappa shape index (κ2) is 10.6. The first-order valence-electron chi connectivity index (χ1n) is 9.82. The van der Waals surface area contributed by atoms with E-state index in [0.717, 1.165) is 5.56 Å². The smallest absolute Gasteiger partial charge is 0.328 e. The molecule has 0 radical (unpaired) electrons. The van der Waals surface area contributed by atoms with Gasteiger partial charge in [0.25, 0.3) is 0 Å². The Labute approximate surface area is 175 Å². The van der Waals surface area contributed by atoms with E-state index in [9.17, 15) is 19.2 Å². The van der Waals surface area contributed by atoms with Gasteiger partial charge in [0.05, 0.1) is 13.7 Å². The number of urea groups is 1. The minimum Gasteiger partial charge on any atom is -0.467 e. The van der Waals surface area contributed by atoms with Crippen LogP contribution in [0.5, 0.6) is 0 Å². The van der Waals surface area contributed by atoms with Crippen LogP contribution in [0.1, 0.15) is 26.3 Å². The lowest BCUT2D eigenvalue weighted by atomic mass is 10.1. The molecule has 1 aliphatic rings. The van der Waals surface area contributed by atoms with Crippen LogP contribution in [0, 0.1) is 0 Å². The average molecular weight is 419 g/mol. The van der Waals surface area contributed by atoms with Crippen molar-refractivity contribution in [3.8, 4) is 0 Å². The van der Waals surface area contributed by atoms with Gasteiger partial charge in [0.15, 0.2) is 0 Å². The van der Waals surface area contributed by atoms with Gasteiger partial charge in [0.1, 0.15) is 12.1 Å². The maximum atomic E-state index is 13.1. The van der Waals surface area contributed by atoms with Crippen molar-refractivity contribution >= 4 is 23.8 Å². The number of piperazine rings is 1. The van der Waals surface area contributed by atoms with Crippen molar-refractivity contribution < 1.29 is 23.9 Å². The van der Waals surface area contributed by atoms with Crippen molar-refractivity contribution in [2.24, 2.45) is 0 Å². The molecular weight excluding hydrogens is 390 g/mol. The number of nitrogens with zero attached hydrogens (tertiary/aromatic N) is 3. The van der Waals surface area contributed by atoms with Gasteiger partial charge in [-0.15, -0.1) is 0 Å². The number of hydrogen-bond acceptors (Lipinski definition) is 6. The van der Waals surface area contributed by atoms with Crippen LogP contribution in [0.25, 0.3) is 0 Å². The molecule has 2 atom stereocenters. The zero-order valence-electron chi connectivity index (χ0n) is 17.8. The SMILES string of the molecule is COC(=O)C(Cc1cccnc1)NC(=O)C1CN(C(C)=O)CCN1C(=O)NC(C)C. The van der Waals surface area contributed by atoms with Gasteiger partial charge in [-0.3, -0.25) is 14.6 Å². The van der Waals surface area contributed by atoms with Crippen molar-refractivity contribution in [1.82, 2.24) is 25.4 Å². The van der Waals surface area contributed by atoms with E-state index in [4.69, 9.17) is 4.74 Å². The Morgan fingerprint density at radius 2 is 1.97 bits per heavy atom. The molecule has 2 rings (SSSR count). The number of carbonyl (C=O) groups excluding carboxylic acids is 4. The minimum atomic E-state index is -0.950. The standard InChI is InChI=1S/C20H29N5O5/c1-13(2)22-20(29)25-9-8-24(14(3)26)12-17(25)18(27)23-16(19(28)30-4)10-15-6-5-7-21-11-15/h5-7,11,13,16-17H,8-10,12H2,1-4H3,(H,22,29)(H,23,27). The van der Waals surface area contributed by atoms with E-state index in [1.54, 1.807) is 24.5 Å². The molecule has 1 fully saturated rings. The summed E-state index contributed by atoms with van der Waals surface area (Å²) in [4.78, 5) is 56.7. The zero-order chi connectivity index (χ0) is 22.3. The summed E-state index contributed by atoms with van der Waals surface area (Å²) in [7, 11) is 1.24. The molecule has 1 aromatic heterocycles. The fourth-order valence-electron chi connectivity index (χ4n) is 3.22. The maximum Gasteiger partial charge on any atom is 0.328 e. The number of aromatic nitrogens is 1. The fourth-order valence-corrected chi connectivity index (χ4v) is 3.22. The number of nitrogens with one attached hydrogen (secondary N) is 2. The molecule has 0 aromatic carbocycles. The Morgan fingerprint density at radius 3 is 2.53 bits per heavy atom. The van der Waals surface area contributed by atoms with Crippen LogP contribution in [-0.2, 0) is 25.5 Å². The monoisotopic (exact) mass is 419 g/mol. The lowest BCUT2D eigenvalue weighted by Gasteiger charge is -2.40. The average Bonchev–Trinajstić information content (AvgIpc) is 2.72. The first kappa shape index (κ1) is 23.1. The fraction of sp³-hybridized carbons (Fsp3) is 0.550. The highest BCUT2D eigenvalue weighted by atomic mass is 16.5. The van der Waals surface area contributed by atoms with Gasteiger partial charge in [0.2, 0.25) is 11.8 Å². The highest BCUT2D eigenvalue weighted by Crippen LogP contribution is 2.13. The second-order valence-electron chi connectivity index (χ2n) is 7.43. The van der Waals surface area contributed by atoms with Gasteiger partial charge in [-0.05, 0) is 25.5 Å². The van der Waals surface area contributed by atoms with Crippen molar-refractivity contribution in [2.45, 2.75) is 45.3 Å². The molecule has 0 bridgehead atoms. The van der Waals surface area contributed by atoms with Gasteiger partial charge in [-0.2, -0.15) is 0 Å². The Balaban J connectivity index is 2.20. The van der Waals surface area contributed by atoms with E-state index in [2.05, 4.69) is 15.6 Å². The third kappa shape index (κ3) is 6.16. The number of amides is 4. The maximum absolute atomic E-state index is 13.1. The van der Waals surface area contributed by atoms with Crippen LogP contribution in [0.2, 0.25) is 0 Å². The lowest BCUT2D eigenvalue weighted by molar-refractivity contribution is -0.146. The molecule has 10 nitrogen and oxygen atoms in total. The van der Waals surface area contributed by atoms with Crippen LogP contribution in [0.4, 0.5) is 4.79 Å². The normalized spacial score (nSPS) is 17.3. The topological polar surface area (TPSA) is 121 Å². The third-order valence-electron chi connectivity index (χ3n) is 4.77.